The number of hydrogen-bond acceptors (Lipinski definition) is 4. The quantitative estimate of drug-likeness (QED) is 0.162. The maximum absolute atomic E-state index is 6.47. The van der Waals surface area contributed by atoms with Gasteiger partial charge >= 0.3 is 0 Å². The molecule has 0 aliphatic carbocycles. The van der Waals surface area contributed by atoms with E-state index in [9.17, 15) is 0 Å². The maximum atomic E-state index is 6.47. The minimum absolute atomic E-state index is 0.604. The van der Waals surface area contributed by atoms with E-state index in [1.165, 1.54) is 27.4 Å². The molecule has 0 spiro atoms. The van der Waals surface area contributed by atoms with Gasteiger partial charge in [0.15, 0.2) is 5.58 Å². The molecule has 0 aliphatic heterocycles. The Morgan fingerprint density at radius 2 is 0.967 bits per heavy atom. The van der Waals surface area contributed by atoms with Gasteiger partial charge in [-0.1, -0.05) is 115 Å². The van der Waals surface area contributed by atoms with Crippen molar-refractivity contribution in [2.75, 3.05) is 4.90 Å². The van der Waals surface area contributed by atoms with Gasteiger partial charge in [-0.3, -0.25) is 0 Å². The number of aromatic nitrogens is 2. The fraction of sp³-hybridized carbons (Fsp3) is 0. The van der Waals surface area contributed by atoms with Crippen molar-refractivity contribution in [2.24, 2.45) is 0 Å². The molecule has 0 amide bonds. The molecule has 0 saturated heterocycles. The summed E-state index contributed by atoms with van der Waals surface area (Å²) < 4.78 is 15.0. The average Bonchev–Trinajstić information content (AvgIpc) is 4.00. The van der Waals surface area contributed by atoms with Crippen LogP contribution >= 0.6 is 0 Å². The second kappa shape index (κ2) is 13.8. The second-order valence-electron chi connectivity index (χ2n) is 15.2. The van der Waals surface area contributed by atoms with Gasteiger partial charge in [-0.2, -0.15) is 0 Å². The van der Waals surface area contributed by atoms with Crippen LogP contribution < -0.4 is 4.90 Å². The summed E-state index contributed by atoms with van der Waals surface area (Å²) in [4.78, 5) is 7.13. The molecule has 0 radical (unpaired) electrons. The van der Waals surface area contributed by atoms with Gasteiger partial charge in [-0.15, -0.1) is 0 Å². The highest BCUT2D eigenvalue weighted by Gasteiger charge is 2.19. The molecular weight excluding hydrogens is 735 g/mol. The minimum Gasteiger partial charge on any atom is -0.456 e. The average molecular weight is 770 g/mol. The highest BCUT2D eigenvalue weighted by molar-refractivity contribution is 6.11. The lowest BCUT2D eigenvalue weighted by Crippen LogP contribution is -2.10. The highest BCUT2D eigenvalue weighted by atomic mass is 16.4. The number of hydrogen-bond donors (Lipinski definition) is 0. The number of oxazole rings is 1. The van der Waals surface area contributed by atoms with E-state index in [-0.39, 0.29) is 0 Å². The molecule has 5 heteroatoms. The Balaban J connectivity index is 0.948. The van der Waals surface area contributed by atoms with Crippen molar-refractivity contribution in [1.29, 1.82) is 0 Å². The van der Waals surface area contributed by atoms with E-state index in [0.717, 1.165) is 78.0 Å². The van der Waals surface area contributed by atoms with E-state index in [1.54, 1.807) is 0 Å². The smallest absolute Gasteiger partial charge is 0.227 e. The van der Waals surface area contributed by atoms with Crippen molar-refractivity contribution in [3.8, 4) is 39.4 Å². The van der Waals surface area contributed by atoms with Crippen LogP contribution in [-0.2, 0) is 0 Å². The summed E-state index contributed by atoms with van der Waals surface area (Å²) in [5.74, 6) is 0.604. The lowest BCUT2D eigenvalue weighted by atomic mass is 10.0. The molecule has 0 atom stereocenters. The van der Waals surface area contributed by atoms with Gasteiger partial charge in [0, 0.05) is 55.9 Å². The fourth-order valence-electron chi connectivity index (χ4n) is 8.74. The molecule has 12 aromatic rings. The van der Waals surface area contributed by atoms with Gasteiger partial charge in [0.25, 0.3) is 0 Å². The number of fused-ring (bicyclic) bond motifs is 7. The molecule has 0 aliphatic rings. The third kappa shape index (κ3) is 5.67. The molecule has 9 aromatic carbocycles. The number of furan rings is 1. The van der Waals surface area contributed by atoms with Crippen LogP contribution in [0.1, 0.15) is 0 Å². The lowest BCUT2D eigenvalue weighted by Gasteiger charge is -2.26. The molecule has 3 aromatic heterocycles. The van der Waals surface area contributed by atoms with Gasteiger partial charge in [-0.05, 0) is 113 Å². The lowest BCUT2D eigenvalue weighted by molar-refractivity contribution is 0.620. The van der Waals surface area contributed by atoms with Gasteiger partial charge < -0.3 is 18.3 Å². The van der Waals surface area contributed by atoms with Crippen LogP contribution in [0.4, 0.5) is 17.1 Å². The Labute approximate surface area is 345 Å². The molecule has 0 saturated carbocycles. The summed E-state index contributed by atoms with van der Waals surface area (Å²) in [6, 6.07) is 74.8. The number of benzene rings is 9. The summed E-state index contributed by atoms with van der Waals surface area (Å²) in [5, 5.41) is 4.47. The second-order valence-corrected chi connectivity index (χ2v) is 15.2. The van der Waals surface area contributed by atoms with Crippen molar-refractivity contribution >= 4 is 71.9 Å². The molecule has 0 unspecified atom stereocenters. The Morgan fingerprint density at radius 1 is 0.350 bits per heavy atom. The summed E-state index contributed by atoms with van der Waals surface area (Å²) in [6.07, 6.45) is 0. The topological polar surface area (TPSA) is 47.3 Å². The number of anilines is 3. The fourth-order valence-corrected chi connectivity index (χ4v) is 8.74. The van der Waals surface area contributed by atoms with E-state index in [1.807, 2.05) is 42.5 Å². The molecule has 60 heavy (non-hydrogen) atoms. The van der Waals surface area contributed by atoms with Crippen LogP contribution in [0, 0.1) is 0 Å². The van der Waals surface area contributed by atoms with Crippen LogP contribution in [0.25, 0.3) is 94.2 Å². The number of rotatable bonds is 7. The minimum atomic E-state index is 0.604. The van der Waals surface area contributed by atoms with Crippen LogP contribution in [-0.4, -0.2) is 9.55 Å². The van der Waals surface area contributed by atoms with E-state index >= 15 is 0 Å². The molecule has 282 valence electrons. The third-order valence-electron chi connectivity index (χ3n) is 11.6. The first-order valence-corrected chi connectivity index (χ1v) is 20.2. The standard InChI is InChI=1S/C55H35N3O2/c1-4-13-36(14-5-1)39-17-12-20-43(31-39)57(44-28-30-51-47(33-44)45-21-10-11-22-50(45)58(51)41-18-8-3-9-19-41)42-26-23-37(24-27-42)40-25-29-46-48-34-54-49(35-53(48)59-52(46)32-40)56-55(60-54)38-15-6-2-7-16-38/h1-35H. The Morgan fingerprint density at radius 3 is 1.78 bits per heavy atom. The van der Waals surface area contributed by atoms with Gasteiger partial charge in [0.05, 0.1) is 11.0 Å². The van der Waals surface area contributed by atoms with Crippen molar-refractivity contribution < 1.29 is 8.83 Å². The first-order valence-electron chi connectivity index (χ1n) is 20.2. The normalized spacial score (nSPS) is 11.7. The first-order chi connectivity index (χ1) is 29.7. The Hall–Kier alpha value is -8.15. The Kier molecular flexibility index (Phi) is 7.78. The van der Waals surface area contributed by atoms with Crippen LogP contribution in [0.3, 0.4) is 0 Å². The van der Waals surface area contributed by atoms with E-state index in [0.29, 0.717) is 5.89 Å². The van der Waals surface area contributed by atoms with Gasteiger partial charge in [0.2, 0.25) is 5.89 Å². The molecule has 0 bridgehead atoms. The number of para-hydroxylation sites is 2. The third-order valence-corrected chi connectivity index (χ3v) is 11.6. The van der Waals surface area contributed by atoms with E-state index < -0.39 is 0 Å². The van der Waals surface area contributed by atoms with Crippen LogP contribution in [0.5, 0.6) is 0 Å². The summed E-state index contributed by atoms with van der Waals surface area (Å²) in [5.41, 5.74) is 15.3. The Bertz CT molecular complexity index is 3530. The SMILES string of the molecule is c1ccc(-c2cccc(N(c3ccc(-c4ccc5c(c4)oc4cc6nc(-c7ccccc7)oc6cc45)cc3)c3ccc4c(c3)c3ccccc3n4-c3ccccc3)c2)cc1. The first kappa shape index (κ1) is 33.9. The van der Waals surface area contributed by atoms with Crippen LogP contribution in [0.15, 0.2) is 221 Å². The zero-order valence-electron chi connectivity index (χ0n) is 32.4. The summed E-state index contributed by atoms with van der Waals surface area (Å²) in [7, 11) is 0. The van der Waals surface area contributed by atoms with Crippen molar-refractivity contribution in [1.82, 2.24) is 9.55 Å². The predicted octanol–water partition coefficient (Wildman–Crippen LogP) is 15.3. The summed E-state index contributed by atoms with van der Waals surface area (Å²) >= 11 is 0. The predicted molar refractivity (Wildman–Crippen MR) is 247 cm³/mol. The molecule has 12 rings (SSSR count). The monoisotopic (exact) mass is 769 g/mol. The van der Waals surface area contributed by atoms with Gasteiger partial charge in [0.1, 0.15) is 16.7 Å². The molecule has 3 heterocycles. The largest absolute Gasteiger partial charge is 0.456 e. The van der Waals surface area contributed by atoms with Crippen molar-refractivity contribution in [3.63, 3.8) is 0 Å². The zero-order chi connectivity index (χ0) is 39.6. The molecule has 0 fully saturated rings. The molecular formula is C55H35N3O2. The highest BCUT2D eigenvalue weighted by Crippen LogP contribution is 2.42. The molecule has 0 N–H and O–H groups in total. The van der Waals surface area contributed by atoms with E-state index in [2.05, 4.69) is 179 Å². The van der Waals surface area contributed by atoms with Gasteiger partial charge in [-0.25, -0.2) is 4.98 Å². The molecule has 5 nitrogen and oxygen atoms in total. The maximum Gasteiger partial charge on any atom is 0.227 e. The van der Waals surface area contributed by atoms with Crippen molar-refractivity contribution in [3.05, 3.63) is 212 Å². The van der Waals surface area contributed by atoms with Crippen LogP contribution in [0.2, 0.25) is 0 Å². The van der Waals surface area contributed by atoms with Crippen molar-refractivity contribution in [2.45, 2.75) is 0 Å². The zero-order valence-corrected chi connectivity index (χ0v) is 32.4. The number of nitrogens with zero attached hydrogens (tertiary/aromatic N) is 3. The van der Waals surface area contributed by atoms with E-state index in [4.69, 9.17) is 13.8 Å². The summed E-state index contributed by atoms with van der Waals surface area (Å²) in [6.45, 7) is 0.